The molecule has 0 radical (unpaired) electrons. The van der Waals surface area contributed by atoms with Gasteiger partial charge in [0.1, 0.15) is 0 Å². The van der Waals surface area contributed by atoms with Gasteiger partial charge in [-0.15, -0.1) is 11.6 Å². The third-order valence-electron chi connectivity index (χ3n) is 1.76. The Balaban J connectivity index is 3.10. The predicted molar refractivity (Wildman–Crippen MR) is 52.3 cm³/mol. The highest BCUT2D eigenvalue weighted by atomic mass is 35.5. The van der Waals surface area contributed by atoms with Crippen LogP contribution in [0, 0.1) is 0 Å². The van der Waals surface area contributed by atoms with E-state index in [1.807, 2.05) is 6.92 Å². The van der Waals surface area contributed by atoms with Crippen LogP contribution in [0.2, 0.25) is 0 Å². The van der Waals surface area contributed by atoms with E-state index in [-0.39, 0.29) is 0 Å². The van der Waals surface area contributed by atoms with Crippen LogP contribution < -0.4 is 5.32 Å². The minimum Gasteiger partial charge on any atom is -0.314 e. The molecule has 0 saturated heterocycles. The summed E-state index contributed by atoms with van der Waals surface area (Å²) in [5.74, 6) is 0. The zero-order valence-electron chi connectivity index (χ0n) is 7.86. The Kier molecular flexibility index (Phi) is 7.09. The molecule has 1 nitrogen and oxygen atoms in total. The zero-order valence-corrected chi connectivity index (χ0v) is 8.62. The van der Waals surface area contributed by atoms with Crippen LogP contribution >= 0.6 is 11.6 Å². The van der Waals surface area contributed by atoms with Crippen LogP contribution in [-0.4, -0.2) is 18.0 Å². The second kappa shape index (κ2) is 6.93. The molecule has 0 aromatic carbocycles. The van der Waals surface area contributed by atoms with Gasteiger partial charge in [0, 0.05) is 11.4 Å². The molecule has 2 heteroatoms. The molecule has 0 aliphatic carbocycles. The molecule has 2 atom stereocenters. The highest BCUT2D eigenvalue weighted by Crippen LogP contribution is 1.99. The average Bonchev–Trinajstić information content (AvgIpc) is 1.87. The van der Waals surface area contributed by atoms with E-state index in [1.54, 1.807) is 0 Å². The standard InChI is InChI=1S/C9H20ClN/c1-4-5-9(3)11-7-6-8(2)10/h8-9,11H,4-7H2,1-3H3. The van der Waals surface area contributed by atoms with E-state index in [1.165, 1.54) is 12.8 Å². The molecular weight excluding hydrogens is 158 g/mol. The quantitative estimate of drug-likeness (QED) is 0.616. The molecule has 0 fully saturated rings. The summed E-state index contributed by atoms with van der Waals surface area (Å²) in [4.78, 5) is 0. The summed E-state index contributed by atoms with van der Waals surface area (Å²) in [6, 6.07) is 0.649. The van der Waals surface area contributed by atoms with Gasteiger partial charge in [0.15, 0.2) is 0 Å². The summed E-state index contributed by atoms with van der Waals surface area (Å²) in [6.45, 7) is 7.52. The third-order valence-corrected chi connectivity index (χ3v) is 1.97. The molecule has 68 valence electrons. The molecule has 0 heterocycles. The van der Waals surface area contributed by atoms with Gasteiger partial charge >= 0.3 is 0 Å². The fourth-order valence-electron chi connectivity index (χ4n) is 1.06. The van der Waals surface area contributed by atoms with Gasteiger partial charge in [-0.2, -0.15) is 0 Å². The second-order valence-electron chi connectivity index (χ2n) is 3.21. The number of rotatable bonds is 6. The SMILES string of the molecule is CCCC(C)NCCC(C)Cl. The lowest BCUT2D eigenvalue weighted by atomic mass is 10.2. The first kappa shape index (κ1) is 11.2. The Morgan fingerprint density at radius 1 is 1.27 bits per heavy atom. The van der Waals surface area contributed by atoms with Crippen LogP contribution in [0.25, 0.3) is 0 Å². The van der Waals surface area contributed by atoms with Gasteiger partial charge in [0.25, 0.3) is 0 Å². The number of halogens is 1. The molecule has 0 amide bonds. The lowest BCUT2D eigenvalue weighted by Gasteiger charge is -2.12. The molecule has 0 aromatic rings. The lowest BCUT2D eigenvalue weighted by Crippen LogP contribution is -2.27. The van der Waals surface area contributed by atoms with E-state index >= 15 is 0 Å². The van der Waals surface area contributed by atoms with Crippen molar-refractivity contribution in [2.24, 2.45) is 0 Å². The van der Waals surface area contributed by atoms with E-state index < -0.39 is 0 Å². The Labute approximate surface area is 75.5 Å². The van der Waals surface area contributed by atoms with Crippen LogP contribution in [0.1, 0.15) is 40.0 Å². The summed E-state index contributed by atoms with van der Waals surface area (Å²) in [7, 11) is 0. The normalized spacial score (nSPS) is 16.4. The van der Waals surface area contributed by atoms with Crippen LogP contribution in [0.5, 0.6) is 0 Å². The summed E-state index contributed by atoms with van der Waals surface area (Å²) in [5, 5.41) is 3.73. The summed E-state index contributed by atoms with van der Waals surface area (Å²) in [5.41, 5.74) is 0. The molecule has 0 bridgehead atoms. The van der Waals surface area contributed by atoms with Crippen LogP contribution in [0.4, 0.5) is 0 Å². The van der Waals surface area contributed by atoms with Crippen LogP contribution in [-0.2, 0) is 0 Å². The average molecular weight is 178 g/mol. The largest absolute Gasteiger partial charge is 0.314 e. The lowest BCUT2D eigenvalue weighted by molar-refractivity contribution is 0.500. The van der Waals surface area contributed by atoms with Crippen molar-refractivity contribution < 1.29 is 0 Å². The van der Waals surface area contributed by atoms with E-state index in [2.05, 4.69) is 19.2 Å². The minimum atomic E-state index is 0.302. The van der Waals surface area contributed by atoms with Crippen molar-refractivity contribution in [3.8, 4) is 0 Å². The number of hydrogen-bond donors (Lipinski definition) is 1. The molecule has 11 heavy (non-hydrogen) atoms. The molecule has 0 rings (SSSR count). The number of nitrogens with one attached hydrogen (secondary N) is 1. The molecule has 0 spiro atoms. The molecule has 0 aromatic heterocycles. The third kappa shape index (κ3) is 8.15. The van der Waals surface area contributed by atoms with E-state index in [4.69, 9.17) is 11.6 Å². The number of hydrogen-bond acceptors (Lipinski definition) is 1. The maximum Gasteiger partial charge on any atom is 0.0319 e. The smallest absolute Gasteiger partial charge is 0.0319 e. The van der Waals surface area contributed by atoms with Crippen molar-refractivity contribution >= 4 is 11.6 Å². The van der Waals surface area contributed by atoms with Crippen molar-refractivity contribution in [3.63, 3.8) is 0 Å². The maximum atomic E-state index is 5.80. The predicted octanol–water partition coefficient (Wildman–Crippen LogP) is 2.78. The Hall–Kier alpha value is 0.250. The molecule has 2 unspecified atom stereocenters. The number of alkyl halides is 1. The fourth-order valence-corrected chi connectivity index (χ4v) is 1.17. The van der Waals surface area contributed by atoms with Gasteiger partial charge in [-0.05, 0) is 33.2 Å². The van der Waals surface area contributed by atoms with E-state index in [0.29, 0.717) is 11.4 Å². The van der Waals surface area contributed by atoms with Gasteiger partial charge in [0.05, 0.1) is 0 Å². The van der Waals surface area contributed by atoms with Gasteiger partial charge in [0.2, 0.25) is 0 Å². The zero-order chi connectivity index (χ0) is 8.69. The van der Waals surface area contributed by atoms with Crippen molar-refractivity contribution in [2.75, 3.05) is 6.54 Å². The van der Waals surface area contributed by atoms with Crippen molar-refractivity contribution in [1.29, 1.82) is 0 Å². The highest BCUT2D eigenvalue weighted by Gasteiger charge is 1.99. The first-order valence-electron chi connectivity index (χ1n) is 4.54. The Morgan fingerprint density at radius 2 is 1.91 bits per heavy atom. The maximum absolute atomic E-state index is 5.80. The van der Waals surface area contributed by atoms with Gasteiger partial charge < -0.3 is 5.32 Å². The van der Waals surface area contributed by atoms with Crippen LogP contribution in [0.3, 0.4) is 0 Å². The molecule has 0 aliphatic rings. The summed E-state index contributed by atoms with van der Waals surface area (Å²) in [6.07, 6.45) is 3.58. The molecular formula is C9H20ClN. The van der Waals surface area contributed by atoms with Crippen molar-refractivity contribution in [1.82, 2.24) is 5.32 Å². The van der Waals surface area contributed by atoms with Gasteiger partial charge in [-0.1, -0.05) is 13.3 Å². The van der Waals surface area contributed by atoms with Crippen molar-refractivity contribution in [3.05, 3.63) is 0 Å². The van der Waals surface area contributed by atoms with Crippen LogP contribution in [0.15, 0.2) is 0 Å². The fraction of sp³-hybridized carbons (Fsp3) is 1.00. The minimum absolute atomic E-state index is 0.302. The first-order valence-corrected chi connectivity index (χ1v) is 4.98. The second-order valence-corrected chi connectivity index (χ2v) is 3.96. The monoisotopic (exact) mass is 177 g/mol. The molecule has 1 N–H and O–H groups in total. The van der Waals surface area contributed by atoms with E-state index in [0.717, 1.165) is 13.0 Å². The van der Waals surface area contributed by atoms with Gasteiger partial charge in [-0.25, -0.2) is 0 Å². The Morgan fingerprint density at radius 3 is 2.36 bits per heavy atom. The summed E-state index contributed by atoms with van der Waals surface area (Å²) >= 11 is 5.80. The summed E-state index contributed by atoms with van der Waals surface area (Å²) < 4.78 is 0. The topological polar surface area (TPSA) is 12.0 Å². The molecule has 0 aliphatic heterocycles. The highest BCUT2D eigenvalue weighted by molar-refractivity contribution is 6.20. The first-order chi connectivity index (χ1) is 5.16. The van der Waals surface area contributed by atoms with Gasteiger partial charge in [-0.3, -0.25) is 0 Å². The molecule has 0 saturated carbocycles. The van der Waals surface area contributed by atoms with Crippen molar-refractivity contribution in [2.45, 2.75) is 51.5 Å². The Bertz CT molecular complexity index is 83.6. The van der Waals surface area contributed by atoms with E-state index in [9.17, 15) is 0 Å².